The summed E-state index contributed by atoms with van der Waals surface area (Å²) in [7, 11) is 0. The van der Waals surface area contributed by atoms with Crippen LogP contribution in [0, 0.1) is 11.3 Å². The normalized spacial score (nSPS) is 16.4. The molecule has 1 aromatic rings. The van der Waals surface area contributed by atoms with Crippen molar-refractivity contribution in [3.05, 3.63) is 48.2 Å². The minimum absolute atomic E-state index is 0.243. The van der Waals surface area contributed by atoms with E-state index in [9.17, 15) is 0 Å². The molecule has 0 radical (unpaired) electrons. The smallest absolute Gasteiger partial charge is 0.0231 e. The van der Waals surface area contributed by atoms with Crippen molar-refractivity contribution in [2.24, 2.45) is 11.3 Å². The van der Waals surface area contributed by atoms with Crippen LogP contribution in [0.25, 0.3) is 0 Å². The average molecular weight is 300 g/mol. The van der Waals surface area contributed by atoms with E-state index in [2.05, 4.69) is 69.5 Å². The van der Waals surface area contributed by atoms with Crippen molar-refractivity contribution in [1.82, 2.24) is 4.90 Å². The molecule has 1 aromatic carbocycles. The Hall–Kier alpha value is -1.24. The molecule has 1 atom stereocenters. The molecule has 1 heteroatoms. The molecule has 22 heavy (non-hydrogen) atoms. The van der Waals surface area contributed by atoms with E-state index in [-0.39, 0.29) is 5.41 Å². The Balaban J connectivity index is 2.07. The summed E-state index contributed by atoms with van der Waals surface area (Å²) in [4.78, 5) is 2.58. The number of rotatable bonds is 9. The fraction of sp³-hybridized carbons (Fsp3) is 0.619. The number of unbranched alkanes of at least 4 members (excludes halogenated alkanes) is 1. The van der Waals surface area contributed by atoms with Crippen molar-refractivity contribution in [2.75, 3.05) is 13.1 Å². The molecule has 0 saturated heterocycles. The third-order valence-electron chi connectivity index (χ3n) is 5.31. The lowest BCUT2D eigenvalue weighted by molar-refractivity contribution is 0.180. The fourth-order valence-corrected chi connectivity index (χ4v) is 3.17. The van der Waals surface area contributed by atoms with E-state index >= 15 is 0 Å². The zero-order valence-electron chi connectivity index (χ0n) is 14.9. The van der Waals surface area contributed by atoms with Crippen molar-refractivity contribution in [2.45, 2.75) is 59.3 Å². The highest BCUT2D eigenvalue weighted by Gasteiger charge is 2.33. The summed E-state index contributed by atoms with van der Waals surface area (Å²) >= 11 is 0. The van der Waals surface area contributed by atoms with Gasteiger partial charge in [-0.15, -0.1) is 0 Å². The van der Waals surface area contributed by atoms with E-state index in [1.807, 2.05) is 0 Å². The van der Waals surface area contributed by atoms with Gasteiger partial charge in [0.05, 0.1) is 0 Å². The zero-order valence-corrected chi connectivity index (χ0v) is 14.9. The van der Waals surface area contributed by atoms with Crippen LogP contribution in [0.5, 0.6) is 0 Å². The molecule has 0 spiro atoms. The van der Waals surface area contributed by atoms with Gasteiger partial charge in [-0.2, -0.15) is 0 Å². The van der Waals surface area contributed by atoms with E-state index in [1.165, 1.54) is 36.9 Å². The van der Waals surface area contributed by atoms with Crippen molar-refractivity contribution in [1.29, 1.82) is 0 Å². The minimum atomic E-state index is 0.243. The number of allylic oxidation sites excluding steroid dienone is 1. The van der Waals surface area contributed by atoms with Crippen molar-refractivity contribution in [3.63, 3.8) is 0 Å². The first kappa shape index (κ1) is 17.1. The molecular weight excluding hydrogens is 266 g/mol. The highest BCUT2D eigenvalue weighted by molar-refractivity contribution is 5.21. The molecule has 1 unspecified atom stereocenters. The third-order valence-corrected chi connectivity index (χ3v) is 5.31. The van der Waals surface area contributed by atoms with Gasteiger partial charge >= 0.3 is 0 Å². The molecule has 0 aromatic heterocycles. The Bertz CT molecular complexity index is 470. The molecule has 0 amide bonds. The second-order valence-corrected chi connectivity index (χ2v) is 7.66. The predicted octanol–water partition coefficient (Wildman–Crippen LogP) is 5.84. The largest absolute Gasteiger partial charge is 0.375 e. The van der Waals surface area contributed by atoms with E-state index in [0.717, 1.165) is 19.0 Å². The molecule has 0 aliphatic heterocycles. The van der Waals surface area contributed by atoms with Gasteiger partial charge in [0.15, 0.2) is 0 Å². The van der Waals surface area contributed by atoms with Gasteiger partial charge in [0, 0.05) is 18.8 Å². The maximum absolute atomic E-state index is 4.41. The van der Waals surface area contributed by atoms with Crippen molar-refractivity contribution >= 4 is 0 Å². The van der Waals surface area contributed by atoms with Crippen LogP contribution < -0.4 is 0 Å². The van der Waals surface area contributed by atoms with Gasteiger partial charge in [-0.1, -0.05) is 71.0 Å². The van der Waals surface area contributed by atoms with E-state index in [4.69, 9.17) is 0 Å². The molecule has 122 valence electrons. The van der Waals surface area contributed by atoms with Gasteiger partial charge in [-0.3, -0.25) is 0 Å². The van der Waals surface area contributed by atoms with Crippen molar-refractivity contribution < 1.29 is 0 Å². The Labute approximate surface area is 137 Å². The van der Waals surface area contributed by atoms with Gasteiger partial charge in [0.25, 0.3) is 0 Å². The third kappa shape index (κ3) is 4.38. The summed E-state index contributed by atoms with van der Waals surface area (Å²) in [5.74, 6) is 1.31. The summed E-state index contributed by atoms with van der Waals surface area (Å²) in [6.45, 7) is 16.1. The van der Waals surface area contributed by atoms with Crippen LogP contribution in [-0.4, -0.2) is 18.0 Å². The highest BCUT2D eigenvalue weighted by Crippen LogP contribution is 2.41. The van der Waals surface area contributed by atoms with Crippen LogP contribution in [0.4, 0.5) is 0 Å². The lowest BCUT2D eigenvalue weighted by Crippen LogP contribution is -2.37. The average Bonchev–Trinajstić information content (AvgIpc) is 3.35. The van der Waals surface area contributed by atoms with Crippen LogP contribution in [0.1, 0.15) is 64.9 Å². The standard InChI is InChI=1S/C21H33N/c1-6-7-15-22(18(3)20-13-14-20)16-21(4,5)17(2)19-11-9-8-10-12-19/h8-12,17,20H,3,6-7,13-16H2,1-2,4-5H3. The number of nitrogens with zero attached hydrogens (tertiary/aromatic N) is 1. The SMILES string of the molecule is C=C(C1CC1)N(CCCC)CC(C)(C)C(C)c1ccccc1. The molecule has 1 saturated carbocycles. The topological polar surface area (TPSA) is 3.24 Å². The maximum Gasteiger partial charge on any atom is 0.0231 e. The summed E-state index contributed by atoms with van der Waals surface area (Å²) in [6.07, 6.45) is 5.21. The molecule has 0 N–H and O–H groups in total. The first-order valence-electron chi connectivity index (χ1n) is 8.94. The summed E-state index contributed by atoms with van der Waals surface area (Å²) in [5, 5.41) is 0. The lowest BCUT2D eigenvalue weighted by atomic mass is 9.75. The lowest BCUT2D eigenvalue weighted by Gasteiger charge is -2.39. The number of hydrogen-bond donors (Lipinski definition) is 0. The van der Waals surface area contributed by atoms with Gasteiger partial charge in [0.2, 0.25) is 0 Å². The summed E-state index contributed by atoms with van der Waals surface area (Å²) < 4.78 is 0. The molecule has 1 aliphatic carbocycles. The fourth-order valence-electron chi connectivity index (χ4n) is 3.17. The zero-order chi connectivity index (χ0) is 16.2. The van der Waals surface area contributed by atoms with Crippen LogP contribution in [0.2, 0.25) is 0 Å². The Kier molecular flexibility index (Phi) is 5.72. The second kappa shape index (κ2) is 7.35. The Morgan fingerprint density at radius 1 is 1.27 bits per heavy atom. The summed E-state index contributed by atoms with van der Waals surface area (Å²) in [5.41, 5.74) is 3.08. The van der Waals surface area contributed by atoms with Crippen LogP contribution in [0.15, 0.2) is 42.6 Å². The minimum Gasteiger partial charge on any atom is -0.375 e. The monoisotopic (exact) mass is 299 g/mol. The quantitative estimate of drug-likeness (QED) is 0.553. The van der Waals surface area contributed by atoms with Gasteiger partial charge < -0.3 is 4.90 Å². The molecular formula is C21H33N. The number of hydrogen-bond acceptors (Lipinski definition) is 1. The molecule has 2 rings (SSSR count). The Morgan fingerprint density at radius 3 is 2.45 bits per heavy atom. The van der Waals surface area contributed by atoms with Crippen LogP contribution in [0.3, 0.4) is 0 Å². The molecule has 0 bridgehead atoms. The van der Waals surface area contributed by atoms with E-state index < -0.39 is 0 Å². The maximum atomic E-state index is 4.41. The molecule has 1 fully saturated rings. The van der Waals surface area contributed by atoms with E-state index in [0.29, 0.717) is 5.92 Å². The van der Waals surface area contributed by atoms with Gasteiger partial charge in [0.1, 0.15) is 0 Å². The van der Waals surface area contributed by atoms with Gasteiger partial charge in [-0.05, 0) is 42.1 Å². The molecule has 0 heterocycles. The second-order valence-electron chi connectivity index (χ2n) is 7.66. The van der Waals surface area contributed by atoms with Gasteiger partial charge in [-0.25, -0.2) is 0 Å². The van der Waals surface area contributed by atoms with Crippen molar-refractivity contribution in [3.8, 4) is 0 Å². The highest BCUT2D eigenvalue weighted by atomic mass is 15.1. The molecule has 1 nitrogen and oxygen atoms in total. The molecule has 1 aliphatic rings. The number of benzene rings is 1. The van der Waals surface area contributed by atoms with E-state index in [1.54, 1.807) is 0 Å². The van der Waals surface area contributed by atoms with Crippen LogP contribution in [-0.2, 0) is 0 Å². The van der Waals surface area contributed by atoms with Crippen LogP contribution >= 0.6 is 0 Å². The predicted molar refractivity (Wildman–Crippen MR) is 97.0 cm³/mol. The summed E-state index contributed by atoms with van der Waals surface area (Å²) in [6, 6.07) is 10.9. The Morgan fingerprint density at radius 2 is 1.91 bits per heavy atom. The first-order chi connectivity index (χ1) is 10.5. The first-order valence-corrected chi connectivity index (χ1v) is 8.94.